The Balaban J connectivity index is 1.52. The van der Waals surface area contributed by atoms with E-state index in [1.54, 1.807) is 36.6 Å². The summed E-state index contributed by atoms with van der Waals surface area (Å²) in [6.07, 6.45) is 0.0790. The number of rotatable bonds is 7. The van der Waals surface area contributed by atoms with E-state index in [1.165, 1.54) is 0 Å². The van der Waals surface area contributed by atoms with Crippen LogP contribution in [0, 0.1) is 0 Å². The third-order valence-electron chi connectivity index (χ3n) is 3.99. The van der Waals surface area contributed by atoms with E-state index in [1.807, 2.05) is 0 Å². The zero-order valence-electron chi connectivity index (χ0n) is 14.5. The molecule has 9 heteroatoms. The van der Waals surface area contributed by atoms with Gasteiger partial charge in [-0.25, -0.2) is 4.99 Å². The molecule has 0 amide bonds. The number of hydrogen-bond acceptors (Lipinski definition) is 6. The SMILES string of the molecule is C=C(NC1CC1)C(N)=CC=NCc1ccc(C2N=C(C(F)(F)F)ON2)cc1. The second-order valence-electron chi connectivity index (χ2n) is 6.30. The fraction of sp³-hybridized carbons (Fsp3) is 0.333. The van der Waals surface area contributed by atoms with Crippen LogP contribution in [0.25, 0.3) is 0 Å². The van der Waals surface area contributed by atoms with Crippen molar-refractivity contribution >= 4 is 12.1 Å². The molecule has 0 spiro atoms. The molecule has 1 aliphatic carbocycles. The van der Waals surface area contributed by atoms with Crippen LogP contribution >= 0.6 is 0 Å². The van der Waals surface area contributed by atoms with Gasteiger partial charge in [-0.1, -0.05) is 30.8 Å². The maximum absolute atomic E-state index is 12.5. The summed E-state index contributed by atoms with van der Waals surface area (Å²) in [5.41, 5.74) is 10.8. The van der Waals surface area contributed by atoms with Crippen LogP contribution in [-0.4, -0.2) is 24.3 Å². The van der Waals surface area contributed by atoms with Gasteiger partial charge in [0.05, 0.1) is 17.9 Å². The van der Waals surface area contributed by atoms with Crippen LogP contribution < -0.4 is 16.5 Å². The number of nitrogens with one attached hydrogen (secondary N) is 2. The summed E-state index contributed by atoms with van der Waals surface area (Å²) < 4.78 is 37.6. The highest BCUT2D eigenvalue weighted by atomic mass is 19.4. The average molecular weight is 379 g/mol. The molecule has 1 aromatic rings. The van der Waals surface area contributed by atoms with Crippen molar-refractivity contribution in [2.24, 2.45) is 15.7 Å². The molecule has 4 N–H and O–H groups in total. The summed E-state index contributed by atoms with van der Waals surface area (Å²) in [6, 6.07) is 7.39. The molecule has 1 saturated carbocycles. The third-order valence-corrected chi connectivity index (χ3v) is 3.99. The molecule has 2 aliphatic rings. The van der Waals surface area contributed by atoms with Crippen molar-refractivity contribution in [3.05, 3.63) is 59.4 Å². The van der Waals surface area contributed by atoms with E-state index in [9.17, 15) is 13.2 Å². The second kappa shape index (κ2) is 7.83. The van der Waals surface area contributed by atoms with Crippen molar-refractivity contribution in [3.8, 4) is 0 Å². The summed E-state index contributed by atoms with van der Waals surface area (Å²) in [7, 11) is 0. The molecular formula is C18H20F3N5O. The fourth-order valence-corrected chi connectivity index (χ4v) is 2.31. The van der Waals surface area contributed by atoms with Crippen LogP contribution in [0.1, 0.15) is 30.1 Å². The van der Waals surface area contributed by atoms with E-state index < -0.39 is 18.2 Å². The Labute approximate surface area is 154 Å². The van der Waals surface area contributed by atoms with Crippen molar-refractivity contribution in [3.63, 3.8) is 0 Å². The fourth-order valence-electron chi connectivity index (χ4n) is 2.31. The minimum atomic E-state index is -4.61. The number of nitrogens with two attached hydrogens (primary N) is 1. The lowest BCUT2D eigenvalue weighted by Crippen LogP contribution is -2.25. The minimum Gasteiger partial charge on any atom is -0.397 e. The zero-order valence-corrected chi connectivity index (χ0v) is 14.5. The summed E-state index contributed by atoms with van der Waals surface area (Å²) in [5, 5.41) is 3.21. The number of allylic oxidation sites excluding steroid dienone is 1. The number of alkyl halides is 3. The predicted molar refractivity (Wildman–Crippen MR) is 96.7 cm³/mol. The van der Waals surface area contributed by atoms with Crippen LogP contribution in [0.15, 0.2) is 58.3 Å². The van der Waals surface area contributed by atoms with Gasteiger partial charge in [0.15, 0.2) is 6.17 Å². The predicted octanol–water partition coefficient (Wildman–Crippen LogP) is 2.86. The molecule has 1 unspecified atom stereocenters. The van der Waals surface area contributed by atoms with Crippen molar-refractivity contribution in [1.82, 2.24) is 10.8 Å². The molecule has 27 heavy (non-hydrogen) atoms. The molecule has 3 rings (SSSR count). The van der Waals surface area contributed by atoms with E-state index in [0.717, 1.165) is 18.4 Å². The molecule has 1 atom stereocenters. The highest BCUT2D eigenvalue weighted by Gasteiger charge is 2.42. The monoisotopic (exact) mass is 379 g/mol. The molecule has 1 fully saturated rings. The third kappa shape index (κ3) is 5.33. The van der Waals surface area contributed by atoms with Crippen LogP contribution in [0.4, 0.5) is 13.2 Å². The molecule has 144 valence electrons. The van der Waals surface area contributed by atoms with Gasteiger partial charge in [0.2, 0.25) is 0 Å². The number of hydroxylamine groups is 1. The van der Waals surface area contributed by atoms with E-state index in [-0.39, 0.29) is 0 Å². The Bertz CT molecular complexity index is 779. The molecule has 0 bridgehead atoms. The first kappa shape index (κ1) is 19.0. The number of halogens is 3. The normalized spacial score (nSPS) is 20.5. The lowest BCUT2D eigenvalue weighted by atomic mass is 10.1. The Morgan fingerprint density at radius 2 is 2.07 bits per heavy atom. The van der Waals surface area contributed by atoms with Gasteiger partial charge < -0.3 is 15.9 Å². The number of nitrogens with zero attached hydrogens (tertiary/aromatic N) is 2. The summed E-state index contributed by atoms with van der Waals surface area (Å²) in [6.45, 7) is 4.29. The Kier molecular flexibility index (Phi) is 5.50. The van der Waals surface area contributed by atoms with Gasteiger partial charge in [-0.05, 0) is 30.0 Å². The summed E-state index contributed by atoms with van der Waals surface area (Å²) >= 11 is 0. The zero-order chi connectivity index (χ0) is 19.4. The van der Waals surface area contributed by atoms with E-state index in [0.29, 0.717) is 29.5 Å². The van der Waals surface area contributed by atoms with Crippen LogP contribution in [0.2, 0.25) is 0 Å². The molecule has 0 aromatic heterocycles. The maximum Gasteiger partial charge on any atom is 0.470 e. The molecule has 0 radical (unpaired) electrons. The van der Waals surface area contributed by atoms with Gasteiger partial charge in [-0.3, -0.25) is 4.99 Å². The molecule has 6 nitrogen and oxygen atoms in total. The smallest absolute Gasteiger partial charge is 0.397 e. The lowest BCUT2D eigenvalue weighted by molar-refractivity contribution is -0.0807. The van der Waals surface area contributed by atoms with Crippen molar-refractivity contribution < 1.29 is 18.0 Å². The first-order valence-electron chi connectivity index (χ1n) is 8.40. The lowest BCUT2D eigenvalue weighted by Gasteiger charge is -2.07. The van der Waals surface area contributed by atoms with Crippen LogP contribution in [0.5, 0.6) is 0 Å². The van der Waals surface area contributed by atoms with Crippen molar-refractivity contribution in [1.29, 1.82) is 0 Å². The molecule has 1 aliphatic heterocycles. The molecule has 1 aromatic carbocycles. The summed E-state index contributed by atoms with van der Waals surface area (Å²) in [5.74, 6) is -1.27. The van der Waals surface area contributed by atoms with E-state index >= 15 is 0 Å². The van der Waals surface area contributed by atoms with Gasteiger partial charge in [-0.15, -0.1) is 5.48 Å². The Hall–Kier alpha value is -2.81. The standard InChI is InChI=1S/C18H20F3N5O/c1-11(24-14-6-7-14)15(22)8-9-23-10-12-2-4-13(5-3-12)16-25-17(27-26-16)18(19,20)21/h2-5,8-9,14,16,24,26H,1,6-7,10,22H2. The maximum atomic E-state index is 12.5. The first-order chi connectivity index (χ1) is 12.8. The molecular weight excluding hydrogens is 359 g/mol. The molecule has 1 heterocycles. The van der Waals surface area contributed by atoms with Crippen LogP contribution in [0.3, 0.4) is 0 Å². The van der Waals surface area contributed by atoms with Gasteiger partial charge in [0.1, 0.15) is 0 Å². The van der Waals surface area contributed by atoms with Crippen LogP contribution in [-0.2, 0) is 11.4 Å². The van der Waals surface area contributed by atoms with E-state index in [4.69, 9.17) is 5.73 Å². The average Bonchev–Trinajstić information content (AvgIpc) is 3.29. The minimum absolute atomic E-state index is 0.415. The summed E-state index contributed by atoms with van der Waals surface area (Å²) in [4.78, 5) is 12.1. The molecule has 0 saturated heterocycles. The Morgan fingerprint density at radius 3 is 2.67 bits per heavy atom. The van der Waals surface area contributed by atoms with E-state index in [2.05, 4.69) is 32.2 Å². The second-order valence-corrected chi connectivity index (χ2v) is 6.30. The van der Waals surface area contributed by atoms with Gasteiger partial charge in [0.25, 0.3) is 0 Å². The number of benzene rings is 1. The van der Waals surface area contributed by atoms with Gasteiger partial charge in [0, 0.05) is 12.3 Å². The van der Waals surface area contributed by atoms with Gasteiger partial charge >= 0.3 is 12.1 Å². The first-order valence-corrected chi connectivity index (χ1v) is 8.40. The number of aliphatic imine (C=N–C) groups is 2. The number of hydrogen-bond donors (Lipinski definition) is 3. The van der Waals surface area contributed by atoms with Gasteiger partial charge in [-0.2, -0.15) is 13.2 Å². The van der Waals surface area contributed by atoms with Crippen molar-refractivity contribution in [2.45, 2.75) is 37.8 Å². The highest BCUT2D eigenvalue weighted by Crippen LogP contribution is 2.27. The topological polar surface area (TPSA) is 84.0 Å². The largest absolute Gasteiger partial charge is 0.470 e. The quantitative estimate of drug-likeness (QED) is 0.502. The highest BCUT2D eigenvalue weighted by molar-refractivity contribution is 5.82. The Morgan fingerprint density at radius 1 is 1.37 bits per heavy atom. The van der Waals surface area contributed by atoms with Crippen molar-refractivity contribution in [2.75, 3.05) is 0 Å².